The van der Waals surface area contributed by atoms with E-state index in [1.165, 1.54) is 120 Å². The fraction of sp³-hybridized carbons (Fsp3) is 0.647. The van der Waals surface area contributed by atoms with Crippen LogP contribution in [0, 0.1) is 13.8 Å². The average molecular weight is 567 g/mol. The number of unbranched alkanes of at least 4 members (excludes halogenated alkanes) is 14. The Morgan fingerprint density at radius 1 is 0.590 bits per heavy atom. The molecule has 0 bridgehead atoms. The highest BCUT2D eigenvalue weighted by Crippen LogP contribution is 2.42. The van der Waals surface area contributed by atoms with E-state index < -0.39 is 0 Å². The summed E-state index contributed by atoms with van der Waals surface area (Å²) in [6.07, 6.45) is 22.0. The third-order valence-corrected chi connectivity index (χ3v) is 10.1. The molecule has 0 aliphatic carbocycles. The highest BCUT2D eigenvalue weighted by Gasteiger charge is 2.19. The lowest BCUT2D eigenvalue weighted by atomic mass is 10.1. The maximum absolute atomic E-state index is 6.42. The van der Waals surface area contributed by atoms with Gasteiger partial charge in [0, 0.05) is 20.5 Å². The third-order valence-electron chi connectivity index (χ3n) is 7.86. The zero-order valence-corrected chi connectivity index (χ0v) is 26.6. The first-order valence-corrected chi connectivity index (χ1v) is 17.5. The van der Waals surface area contributed by atoms with E-state index in [2.05, 4.69) is 39.8 Å². The minimum atomic E-state index is 0.742. The second-order valence-corrected chi connectivity index (χ2v) is 13.9. The molecule has 214 valence electrons. The van der Waals surface area contributed by atoms with Crippen LogP contribution >= 0.6 is 22.7 Å². The summed E-state index contributed by atoms with van der Waals surface area (Å²) in [5.74, 6) is 0.781. The molecule has 0 unspecified atom stereocenters. The first-order valence-electron chi connectivity index (χ1n) is 15.9. The molecule has 5 heteroatoms. The predicted molar refractivity (Wildman–Crippen MR) is 174 cm³/mol. The van der Waals surface area contributed by atoms with Crippen molar-refractivity contribution in [1.29, 1.82) is 0 Å². The van der Waals surface area contributed by atoms with Gasteiger partial charge in [0.05, 0.1) is 21.5 Å². The number of nitrogens with zero attached hydrogens (tertiary/aromatic N) is 2. The number of hydrogen-bond acceptors (Lipinski definition) is 5. The van der Waals surface area contributed by atoms with Crippen molar-refractivity contribution in [2.24, 2.45) is 0 Å². The molecule has 4 rings (SSSR count). The molecular weight excluding hydrogens is 517 g/mol. The summed E-state index contributed by atoms with van der Waals surface area (Å²) in [7, 11) is 0. The highest BCUT2D eigenvalue weighted by atomic mass is 32.1. The first-order chi connectivity index (χ1) is 19.1. The Hall–Kier alpha value is -1.72. The van der Waals surface area contributed by atoms with E-state index in [0.717, 1.165) is 48.5 Å². The summed E-state index contributed by atoms with van der Waals surface area (Å²) in [5.41, 5.74) is 3.14. The summed E-state index contributed by atoms with van der Waals surface area (Å²) in [6.45, 7) is 9.71. The number of benzene rings is 1. The lowest BCUT2D eigenvalue weighted by Crippen LogP contribution is -2.05. The molecule has 0 amide bonds. The smallest absolute Gasteiger partial charge is 0.236 e. The number of thiophene rings is 2. The molecule has 0 spiro atoms. The summed E-state index contributed by atoms with van der Waals surface area (Å²) in [6, 6.07) is 4.61. The van der Waals surface area contributed by atoms with E-state index in [9.17, 15) is 0 Å². The van der Waals surface area contributed by atoms with E-state index in [0.29, 0.717) is 0 Å². The van der Waals surface area contributed by atoms with Crippen molar-refractivity contribution in [3.63, 3.8) is 0 Å². The molecule has 0 fully saturated rings. The molecule has 0 aliphatic rings. The van der Waals surface area contributed by atoms with Gasteiger partial charge < -0.3 is 4.74 Å². The Bertz CT molecular complexity index is 1310. The molecule has 0 saturated heterocycles. The van der Waals surface area contributed by atoms with Crippen molar-refractivity contribution >= 4 is 53.9 Å². The van der Waals surface area contributed by atoms with Gasteiger partial charge in [-0.3, -0.25) is 0 Å². The standard InChI is InChI=1S/C34H50N2OS2/c1-5-7-9-11-13-14-15-16-18-20-22-37-34-29(21-19-17-12-10-8-6-2)35-30-27-23-25(3)38-32(27)33-28(31(30)36-34)24-26(4)39-33/h23-24H,5-22H2,1-4H3. The van der Waals surface area contributed by atoms with Crippen molar-refractivity contribution in [2.45, 2.75) is 137 Å². The Kier molecular flexibility index (Phi) is 12.3. The van der Waals surface area contributed by atoms with Crippen LogP contribution in [0.5, 0.6) is 5.88 Å². The van der Waals surface area contributed by atoms with Gasteiger partial charge >= 0.3 is 0 Å². The van der Waals surface area contributed by atoms with Gasteiger partial charge in [0.25, 0.3) is 0 Å². The predicted octanol–water partition coefficient (Wildman–Crippen LogP) is 11.9. The van der Waals surface area contributed by atoms with Crippen LogP contribution in [0.25, 0.3) is 31.2 Å². The molecule has 39 heavy (non-hydrogen) atoms. The van der Waals surface area contributed by atoms with Crippen molar-refractivity contribution in [1.82, 2.24) is 9.97 Å². The molecule has 4 aromatic rings. The molecule has 0 N–H and O–H groups in total. The summed E-state index contributed by atoms with van der Waals surface area (Å²) < 4.78 is 9.14. The minimum absolute atomic E-state index is 0.742. The van der Waals surface area contributed by atoms with Gasteiger partial charge in [0.15, 0.2) is 0 Å². The lowest BCUT2D eigenvalue weighted by Gasteiger charge is -2.13. The van der Waals surface area contributed by atoms with Crippen molar-refractivity contribution < 1.29 is 4.74 Å². The van der Waals surface area contributed by atoms with Crippen LogP contribution in [0.4, 0.5) is 0 Å². The van der Waals surface area contributed by atoms with Gasteiger partial charge in [-0.1, -0.05) is 104 Å². The molecule has 3 heterocycles. The van der Waals surface area contributed by atoms with Gasteiger partial charge in [-0.05, 0) is 45.2 Å². The largest absolute Gasteiger partial charge is 0.476 e. The SMILES string of the molecule is CCCCCCCCCCCCOc1nc2c3cc(C)sc3c3sc(C)cc3c2nc1CCCCCCCC. The normalized spacial score (nSPS) is 11.9. The van der Waals surface area contributed by atoms with Crippen LogP contribution in [-0.2, 0) is 6.42 Å². The fourth-order valence-electron chi connectivity index (χ4n) is 5.66. The topological polar surface area (TPSA) is 35.0 Å². The van der Waals surface area contributed by atoms with Crippen LogP contribution in [0.1, 0.15) is 132 Å². The van der Waals surface area contributed by atoms with Gasteiger partial charge in [0.2, 0.25) is 5.88 Å². The first kappa shape index (κ1) is 30.2. The Morgan fingerprint density at radius 2 is 1.05 bits per heavy atom. The maximum Gasteiger partial charge on any atom is 0.236 e. The Balaban J connectivity index is 1.45. The number of ether oxygens (including phenoxy) is 1. The maximum atomic E-state index is 6.42. The number of aryl methyl sites for hydroxylation is 3. The molecule has 1 aromatic carbocycles. The molecule has 0 saturated carbocycles. The van der Waals surface area contributed by atoms with Gasteiger partial charge in [-0.15, -0.1) is 22.7 Å². The number of aromatic nitrogens is 2. The van der Waals surface area contributed by atoms with Crippen LogP contribution < -0.4 is 4.74 Å². The third kappa shape index (κ3) is 8.39. The highest BCUT2D eigenvalue weighted by molar-refractivity contribution is 7.27. The average Bonchev–Trinajstić information content (AvgIpc) is 3.51. The number of hydrogen-bond donors (Lipinski definition) is 0. The minimum Gasteiger partial charge on any atom is -0.476 e. The van der Waals surface area contributed by atoms with Crippen molar-refractivity contribution in [2.75, 3.05) is 6.61 Å². The molecular formula is C34H50N2OS2. The summed E-state index contributed by atoms with van der Waals surface area (Å²) >= 11 is 3.77. The van der Waals surface area contributed by atoms with Gasteiger partial charge in [-0.25, -0.2) is 9.97 Å². The van der Waals surface area contributed by atoms with Crippen molar-refractivity contribution in [3.8, 4) is 5.88 Å². The van der Waals surface area contributed by atoms with Crippen LogP contribution in [0.15, 0.2) is 12.1 Å². The molecule has 0 atom stereocenters. The zero-order chi connectivity index (χ0) is 27.5. The second-order valence-electron chi connectivity index (χ2n) is 11.4. The lowest BCUT2D eigenvalue weighted by molar-refractivity contribution is 0.289. The van der Waals surface area contributed by atoms with Crippen LogP contribution in [0.2, 0.25) is 0 Å². The summed E-state index contributed by atoms with van der Waals surface area (Å²) in [5, 5.41) is 2.50. The van der Waals surface area contributed by atoms with E-state index in [-0.39, 0.29) is 0 Å². The second kappa shape index (κ2) is 15.9. The van der Waals surface area contributed by atoms with Crippen LogP contribution in [-0.4, -0.2) is 16.6 Å². The van der Waals surface area contributed by atoms with Crippen LogP contribution in [0.3, 0.4) is 0 Å². The van der Waals surface area contributed by atoms with E-state index >= 15 is 0 Å². The Labute approximate surface area is 244 Å². The van der Waals surface area contributed by atoms with Crippen molar-refractivity contribution in [3.05, 3.63) is 27.6 Å². The molecule has 0 radical (unpaired) electrons. The molecule has 3 aromatic heterocycles. The fourth-order valence-corrected chi connectivity index (χ4v) is 7.84. The Morgan fingerprint density at radius 3 is 1.59 bits per heavy atom. The van der Waals surface area contributed by atoms with Gasteiger partial charge in [-0.2, -0.15) is 0 Å². The zero-order valence-electron chi connectivity index (χ0n) is 25.0. The van der Waals surface area contributed by atoms with E-state index in [1.54, 1.807) is 0 Å². The summed E-state index contributed by atoms with van der Waals surface area (Å²) in [4.78, 5) is 13.2. The number of rotatable bonds is 19. The molecule has 3 nitrogen and oxygen atoms in total. The van der Waals surface area contributed by atoms with E-state index in [4.69, 9.17) is 14.7 Å². The molecule has 0 aliphatic heterocycles. The number of fused-ring (bicyclic) bond motifs is 6. The quantitative estimate of drug-likeness (QED) is 0.106. The van der Waals surface area contributed by atoms with E-state index in [1.807, 2.05) is 22.7 Å². The monoisotopic (exact) mass is 566 g/mol. The van der Waals surface area contributed by atoms with Gasteiger partial charge in [0.1, 0.15) is 11.2 Å².